The van der Waals surface area contributed by atoms with Crippen LogP contribution in [0.25, 0.3) is 0 Å². The predicted molar refractivity (Wildman–Crippen MR) is 48.1 cm³/mol. The molecular formula is C8H14N2O5. The van der Waals surface area contributed by atoms with E-state index in [9.17, 15) is 15.0 Å². The first-order chi connectivity index (χ1) is 7.13. The van der Waals surface area contributed by atoms with Crippen molar-refractivity contribution in [2.75, 3.05) is 13.2 Å². The van der Waals surface area contributed by atoms with Crippen LogP contribution in [0.4, 0.5) is 4.79 Å². The highest BCUT2D eigenvalue weighted by Crippen LogP contribution is 2.22. The average Bonchev–Trinajstić information content (AvgIpc) is 2.24. The lowest BCUT2D eigenvalue weighted by Crippen LogP contribution is -2.70. The molecule has 2 saturated heterocycles. The van der Waals surface area contributed by atoms with Crippen molar-refractivity contribution in [3.05, 3.63) is 0 Å². The van der Waals surface area contributed by atoms with Gasteiger partial charge in [0.2, 0.25) is 0 Å². The molecule has 2 rings (SSSR count). The molecule has 0 bridgehead atoms. The second-order valence-corrected chi connectivity index (χ2v) is 3.76. The van der Waals surface area contributed by atoms with Gasteiger partial charge in [-0.15, -0.1) is 0 Å². The highest BCUT2D eigenvalue weighted by atomic mass is 16.5. The van der Waals surface area contributed by atoms with Gasteiger partial charge in [-0.1, -0.05) is 0 Å². The largest absolute Gasteiger partial charge is 0.394 e. The van der Waals surface area contributed by atoms with Crippen LogP contribution in [0.3, 0.4) is 0 Å². The van der Waals surface area contributed by atoms with Crippen molar-refractivity contribution in [3.8, 4) is 0 Å². The Labute approximate surface area is 86.0 Å². The molecule has 0 spiro atoms. The van der Waals surface area contributed by atoms with Gasteiger partial charge in [-0.3, -0.25) is 0 Å². The monoisotopic (exact) mass is 218 g/mol. The quantitative estimate of drug-likeness (QED) is 0.325. The van der Waals surface area contributed by atoms with E-state index in [0.29, 0.717) is 0 Å². The van der Waals surface area contributed by atoms with Gasteiger partial charge in [-0.05, 0) is 0 Å². The summed E-state index contributed by atoms with van der Waals surface area (Å²) in [6.07, 6.45) is -3.54. The Morgan fingerprint density at radius 1 is 1.40 bits per heavy atom. The second kappa shape index (κ2) is 3.93. The number of ether oxygens (including phenoxy) is 1. The molecule has 0 saturated carbocycles. The van der Waals surface area contributed by atoms with Gasteiger partial charge in [0.05, 0.1) is 18.8 Å². The smallest absolute Gasteiger partial charge is 0.315 e. The van der Waals surface area contributed by atoms with E-state index in [0.717, 1.165) is 0 Å². The summed E-state index contributed by atoms with van der Waals surface area (Å²) in [7, 11) is 0. The predicted octanol–water partition coefficient (Wildman–Crippen LogP) is -2.85. The average molecular weight is 218 g/mol. The molecule has 7 nitrogen and oxygen atoms in total. The van der Waals surface area contributed by atoms with Gasteiger partial charge in [0, 0.05) is 6.54 Å². The molecule has 7 heteroatoms. The van der Waals surface area contributed by atoms with Crippen LogP contribution in [0.1, 0.15) is 0 Å². The van der Waals surface area contributed by atoms with Crippen LogP contribution in [-0.2, 0) is 4.74 Å². The minimum Gasteiger partial charge on any atom is -0.394 e. The van der Waals surface area contributed by atoms with Crippen molar-refractivity contribution in [2.24, 2.45) is 0 Å². The fourth-order valence-corrected chi connectivity index (χ4v) is 1.94. The molecule has 5 N–H and O–H groups in total. The van der Waals surface area contributed by atoms with Crippen molar-refractivity contribution >= 4 is 6.03 Å². The van der Waals surface area contributed by atoms with Gasteiger partial charge in [-0.2, -0.15) is 0 Å². The molecule has 2 fully saturated rings. The fourth-order valence-electron chi connectivity index (χ4n) is 1.94. The van der Waals surface area contributed by atoms with Gasteiger partial charge < -0.3 is 30.7 Å². The molecule has 15 heavy (non-hydrogen) atoms. The van der Waals surface area contributed by atoms with Crippen molar-refractivity contribution in [1.29, 1.82) is 0 Å². The van der Waals surface area contributed by atoms with Crippen LogP contribution in [0.5, 0.6) is 0 Å². The summed E-state index contributed by atoms with van der Waals surface area (Å²) in [4.78, 5) is 11.0. The molecule has 2 aliphatic heterocycles. The zero-order valence-electron chi connectivity index (χ0n) is 7.96. The SMILES string of the molecule is O=C1NC[C@H]2OC(CO)[C@H](O)[C@H](O)[C@H]2N1. The van der Waals surface area contributed by atoms with Crippen molar-refractivity contribution in [2.45, 2.75) is 30.5 Å². The van der Waals surface area contributed by atoms with Crippen molar-refractivity contribution in [3.63, 3.8) is 0 Å². The Hall–Kier alpha value is -0.890. The van der Waals surface area contributed by atoms with Crippen LogP contribution >= 0.6 is 0 Å². The lowest BCUT2D eigenvalue weighted by Gasteiger charge is -2.44. The number of rotatable bonds is 1. The highest BCUT2D eigenvalue weighted by molar-refractivity contribution is 5.75. The molecule has 2 aliphatic rings. The summed E-state index contributed by atoms with van der Waals surface area (Å²) >= 11 is 0. The fraction of sp³-hybridized carbons (Fsp3) is 0.875. The maximum Gasteiger partial charge on any atom is 0.315 e. The molecule has 86 valence electrons. The first-order valence-electron chi connectivity index (χ1n) is 4.80. The zero-order chi connectivity index (χ0) is 11.0. The number of aliphatic hydroxyl groups is 3. The van der Waals surface area contributed by atoms with E-state index in [4.69, 9.17) is 9.84 Å². The Morgan fingerprint density at radius 3 is 2.80 bits per heavy atom. The Bertz CT molecular complexity index is 259. The van der Waals surface area contributed by atoms with Gasteiger partial charge in [0.15, 0.2) is 0 Å². The number of carbonyl (C=O) groups is 1. The van der Waals surface area contributed by atoms with E-state index >= 15 is 0 Å². The van der Waals surface area contributed by atoms with E-state index in [1.165, 1.54) is 0 Å². The summed E-state index contributed by atoms with van der Waals surface area (Å²) in [5.74, 6) is 0. The van der Waals surface area contributed by atoms with Crippen LogP contribution < -0.4 is 10.6 Å². The summed E-state index contributed by atoms with van der Waals surface area (Å²) in [6, 6.07) is -1.02. The number of fused-ring (bicyclic) bond motifs is 1. The van der Waals surface area contributed by atoms with Gasteiger partial charge in [-0.25, -0.2) is 4.79 Å². The highest BCUT2D eigenvalue weighted by Gasteiger charge is 2.46. The summed E-state index contributed by atoms with van der Waals surface area (Å²) in [5.41, 5.74) is 0. The molecule has 2 amide bonds. The maximum atomic E-state index is 11.0. The van der Waals surface area contributed by atoms with E-state index in [-0.39, 0.29) is 13.2 Å². The minimum atomic E-state index is -1.19. The molecule has 1 unspecified atom stereocenters. The van der Waals surface area contributed by atoms with E-state index in [1.807, 2.05) is 0 Å². The standard InChI is InChI=1S/C8H14N2O5/c11-2-4-6(12)7(13)5-3(15-4)1-9-8(14)10-5/h3-7,11-13H,1-2H2,(H2,9,10,14)/t3-,4?,5+,6+,7-/m1/s1. The minimum absolute atomic E-state index is 0.261. The lowest BCUT2D eigenvalue weighted by atomic mass is 9.92. The molecule has 0 aromatic rings. The second-order valence-electron chi connectivity index (χ2n) is 3.76. The summed E-state index contributed by atoms with van der Waals surface area (Å²) in [5, 5.41) is 33.2. The lowest BCUT2D eigenvalue weighted by molar-refractivity contribution is -0.193. The van der Waals surface area contributed by atoms with E-state index < -0.39 is 36.5 Å². The number of urea groups is 1. The number of amides is 2. The number of carbonyl (C=O) groups excluding carboxylic acids is 1. The van der Waals surface area contributed by atoms with Gasteiger partial charge in [0.1, 0.15) is 18.3 Å². The van der Waals surface area contributed by atoms with Crippen LogP contribution in [0, 0.1) is 0 Å². The molecule has 5 atom stereocenters. The zero-order valence-corrected chi connectivity index (χ0v) is 7.96. The number of nitrogens with one attached hydrogen (secondary N) is 2. The van der Waals surface area contributed by atoms with Crippen molar-refractivity contribution < 1.29 is 24.9 Å². The Balaban J connectivity index is 2.11. The van der Waals surface area contributed by atoms with Crippen LogP contribution in [0.2, 0.25) is 0 Å². The number of hydrogen-bond donors (Lipinski definition) is 5. The topological polar surface area (TPSA) is 111 Å². The normalized spacial score (nSPS) is 45.3. The third-order valence-electron chi connectivity index (χ3n) is 2.79. The van der Waals surface area contributed by atoms with Gasteiger partial charge in [0.25, 0.3) is 0 Å². The molecule has 0 aromatic heterocycles. The first kappa shape index (κ1) is 10.6. The first-order valence-corrected chi connectivity index (χ1v) is 4.80. The van der Waals surface area contributed by atoms with Crippen LogP contribution in [-0.4, -0.2) is 65.0 Å². The van der Waals surface area contributed by atoms with Gasteiger partial charge >= 0.3 is 6.03 Å². The van der Waals surface area contributed by atoms with Crippen LogP contribution in [0.15, 0.2) is 0 Å². The number of hydrogen-bond acceptors (Lipinski definition) is 5. The third-order valence-corrected chi connectivity index (χ3v) is 2.79. The number of aliphatic hydroxyl groups excluding tert-OH is 3. The molecule has 0 aliphatic carbocycles. The Morgan fingerprint density at radius 2 is 2.13 bits per heavy atom. The summed E-state index contributed by atoms with van der Waals surface area (Å²) in [6.45, 7) is -0.105. The van der Waals surface area contributed by atoms with E-state index in [2.05, 4.69) is 10.6 Å². The molecule has 2 heterocycles. The third kappa shape index (κ3) is 1.78. The van der Waals surface area contributed by atoms with Crippen molar-refractivity contribution in [1.82, 2.24) is 10.6 Å². The summed E-state index contributed by atoms with van der Waals surface area (Å²) < 4.78 is 5.33. The molecular weight excluding hydrogens is 204 g/mol. The maximum absolute atomic E-state index is 11.0. The van der Waals surface area contributed by atoms with E-state index in [1.54, 1.807) is 0 Å². The molecule has 0 aromatic carbocycles. The molecule has 0 radical (unpaired) electrons. The Kier molecular flexibility index (Phi) is 2.79.